The number of carbonyl (C=O) groups is 2. The fourth-order valence-electron chi connectivity index (χ4n) is 5.00. The van der Waals surface area contributed by atoms with Gasteiger partial charge in [0.1, 0.15) is 12.4 Å². The van der Waals surface area contributed by atoms with E-state index in [1.54, 1.807) is 31.2 Å². The number of amides is 1. The lowest BCUT2D eigenvalue weighted by Crippen LogP contribution is -2.29. The standard InChI is InChI=1S/C34H26Cl2N4O4S2/c1-22(41)45-29-14-9-26(10-15-29)25-7-2-23(3-8-25)6-17-33-37-32(30-16-11-27(35)18-31(30)36)20-39(33)19-24-4-12-28(13-5-24)40-21-34(42)38-46(40,43)44/h2-18,20H,19,21H2,1H3,(H,38,42)/b17-6+. The van der Waals surface area contributed by atoms with Crippen LogP contribution in [0.5, 0.6) is 0 Å². The molecular formula is C34H26Cl2N4O4S2. The molecule has 0 atom stereocenters. The number of halogens is 2. The lowest BCUT2D eigenvalue weighted by atomic mass is 10.0. The van der Waals surface area contributed by atoms with Crippen LogP contribution in [0.15, 0.2) is 102 Å². The van der Waals surface area contributed by atoms with Crippen molar-refractivity contribution in [1.29, 1.82) is 0 Å². The third kappa shape index (κ3) is 7.21. The van der Waals surface area contributed by atoms with E-state index in [1.165, 1.54) is 11.8 Å². The van der Waals surface area contributed by atoms with Gasteiger partial charge in [-0.05, 0) is 70.8 Å². The molecule has 1 fully saturated rings. The molecule has 0 spiro atoms. The molecule has 0 unspecified atom stereocenters. The van der Waals surface area contributed by atoms with E-state index in [0.29, 0.717) is 33.8 Å². The predicted molar refractivity (Wildman–Crippen MR) is 185 cm³/mol. The van der Waals surface area contributed by atoms with E-state index in [0.717, 1.165) is 37.0 Å². The van der Waals surface area contributed by atoms with Crippen LogP contribution < -0.4 is 9.03 Å². The van der Waals surface area contributed by atoms with Crippen LogP contribution in [-0.4, -0.2) is 35.5 Å². The number of imidazole rings is 1. The van der Waals surface area contributed by atoms with Crippen LogP contribution in [0.3, 0.4) is 0 Å². The van der Waals surface area contributed by atoms with Crippen molar-refractivity contribution in [1.82, 2.24) is 14.3 Å². The Balaban J connectivity index is 1.26. The van der Waals surface area contributed by atoms with Crippen LogP contribution in [-0.2, 0) is 26.3 Å². The van der Waals surface area contributed by atoms with E-state index in [1.807, 2.05) is 94.4 Å². The number of benzene rings is 4. The molecule has 5 aromatic rings. The van der Waals surface area contributed by atoms with Gasteiger partial charge in [0.05, 0.1) is 16.4 Å². The van der Waals surface area contributed by atoms with E-state index in [-0.39, 0.29) is 11.7 Å². The van der Waals surface area contributed by atoms with Crippen LogP contribution in [0.1, 0.15) is 23.9 Å². The highest BCUT2D eigenvalue weighted by atomic mass is 35.5. The van der Waals surface area contributed by atoms with Crippen LogP contribution in [0.4, 0.5) is 5.69 Å². The molecule has 2 heterocycles. The molecular weight excluding hydrogens is 663 g/mol. The van der Waals surface area contributed by atoms with Crippen LogP contribution >= 0.6 is 35.0 Å². The maximum Gasteiger partial charge on any atom is 0.326 e. The number of hydrogen-bond acceptors (Lipinski definition) is 6. The number of rotatable bonds is 8. The fourth-order valence-corrected chi connectivity index (χ4v) is 7.26. The summed E-state index contributed by atoms with van der Waals surface area (Å²) in [6.45, 7) is 1.74. The quantitative estimate of drug-likeness (QED) is 0.169. The highest BCUT2D eigenvalue weighted by molar-refractivity contribution is 8.13. The Morgan fingerprint density at radius 2 is 1.61 bits per heavy atom. The maximum atomic E-state index is 12.2. The van der Waals surface area contributed by atoms with Gasteiger partial charge in [0.15, 0.2) is 5.12 Å². The molecule has 1 N–H and O–H groups in total. The molecule has 0 saturated carbocycles. The minimum Gasteiger partial charge on any atom is -0.326 e. The largest absolute Gasteiger partial charge is 0.326 e. The van der Waals surface area contributed by atoms with Gasteiger partial charge in [-0.15, -0.1) is 0 Å². The van der Waals surface area contributed by atoms with Crippen LogP contribution in [0.2, 0.25) is 10.0 Å². The second-order valence-corrected chi connectivity index (χ2v) is 14.2. The van der Waals surface area contributed by atoms with Gasteiger partial charge in [-0.2, -0.15) is 8.42 Å². The van der Waals surface area contributed by atoms with Gasteiger partial charge < -0.3 is 4.57 Å². The third-order valence-electron chi connectivity index (χ3n) is 7.20. The molecule has 1 amide bonds. The second kappa shape index (κ2) is 13.2. The minimum atomic E-state index is -3.88. The molecule has 1 saturated heterocycles. The fraction of sp³-hybridized carbons (Fsp3) is 0.0882. The van der Waals surface area contributed by atoms with Gasteiger partial charge in [0.25, 0.3) is 5.91 Å². The Kier molecular flexibility index (Phi) is 9.06. The minimum absolute atomic E-state index is 0.0532. The summed E-state index contributed by atoms with van der Waals surface area (Å²) in [5.74, 6) is 0.116. The third-order valence-corrected chi connectivity index (χ3v) is 9.95. The van der Waals surface area contributed by atoms with Crippen molar-refractivity contribution >= 4 is 74.0 Å². The summed E-state index contributed by atoms with van der Waals surface area (Å²) in [7, 11) is -3.88. The number of hydrogen-bond donors (Lipinski definition) is 1. The zero-order valence-electron chi connectivity index (χ0n) is 24.4. The summed E-state index contributed by atoms with van der Waals surface area (Å²) >= 11 is 13.9. The molecule has 0 aliphatic carbocycles. The van der Waals surface area contributed by atoms with Gasteiger partial charge in [0, 0.05) is 35.1 Å². The normalized spacial score (nSPS) is 14.2. The first kappa shape index (κ1) is 31.6. The summed E-state index contributed by atoms with van der Waals surface area (Å²) in [4.78, 5) is 28.8. The van der Waals surface area contributed by atoms with Crippen molar-refractivity contribution < 1.29 is 18.0 Å². The van der Waals surface area contributed by atoms with E-state index in [9.17, 15) is 18.0 Å². The summed E-state index contributed by atoms with van der Waals surface area (Å²) in [6, 6.07) is 28.3. The summed E-state index contributed by atoms with van der Waals surface area (Å²) in [5, 5.41) is 1.06. The monoisotopic (exact) mass is 688 g/mol. The van der Waals surface area contributed by atoms with Gasteiger partial charge >= 0.3 is 10.2 Å². The first-order chi connectivity index (χ1) is 22.0. The smallest absolute Gasteiger partial charge is 0.326 e. The number of anilines is 1. The van der Waals surface area contributed by atoms with Crippen LogP contribution in [0.25, 0.3) is 34.5 Å². The Labute approximate surface area is 280 Å². The maximum absolute atomic E-state index is 12.2. The van der Waals surface area contributed by atoms with Crippen molar-refractivity contribution in [3.05, 3.63) is 124 Å². The molecule has 12 heteroatoms. The first-order valence-electron chi connectivity index (χ1n) is 14.1. The average molecular weight is 690 g/mol. The molecule has 1 aliphatic rings. The molecule has 1 aromatic heterocycles. The molecule has 232 valence electrons. The van der Waals surface area contributed by atoms with Gasteiger partial charge in [0.2, 0.25) is 0 Å². The van der Waals surface area contributed by atoms with E-state index < -0.39 is 16.1 Å². The van der Waals surface area contributed by atoms with Crippen molar-refractivity contribution in [2.75, 3.05) is 10.8 Å². The molecule has 1 aliphatic heterocycles. The Hall–Kier alpha value is -4.35. The summed E-state index contributed by atoms with van der Waals surface area (Å²) < 4.78 is 29.5. The van der Waals surface area contributed by atoms with E-state index in [2.05, 4.69) is 0 Å². The van der Waals surface area contributed by atoms with Gasteiger partial charge in [-0.25, -0.2) is 14.0 Å². The lowest BCUT2D eigenvalue weighted by molar-refractivity contribution is -0.117. The van der Waals surface area contributed by atoms with Crippen molar-refractivity contribution in [3.8, 4) is 22.4 Å². The molecule has 4 aromatic carbocycles. The number of nitrogens with zero attached hydrogens (tertiary/aromatic N) is 3. The predicted octanol–water partition coefficient (Wildman–Crippen LogP) is 7.56. The van der Waals surface area contributed by atoms with Crippen molar-refractivity contribution in [2.45, 2.75) is 18.4 Å². The second-order valence-electron chi connectivity index (χ2n) is 10.5. The highest BCUT2D eigenvalue weighted by Crippen LogP contribution is 2.31. The Morgan fingerprint density at radius 3 is 2.22 bits per heavy atom. The number of thioether (sulfide) groups is 1. The van der Waals surface area contributed by atoms with Crippen molar-refractivity contribution in [2.24, 2.45) is 0 Å². The molecule has 0 bridgehead atoms. The Morgan fingerprint density at radius 1 is 0.935 bits per heavy atom. The number of aromatic nitrogens is 2. The zero-order valence-corrected chi connectivity index (χ0v) is 27.5. The summed E-state index contributed by atoms with van der Waals surface area (Å²) in [6.07, 6.45) is 5.82. The molecule has 8 nitrogen and oxygen atoms in total. The molecule has 46 heavy (non-hydrogen) atoms. The summed E-state index contributed by atoms with van der Waals surface area (Å²) in [5.41, 5.74) is 5.80. The van der Waals surface area contributed by atoms with Gasteiger partial charge in [-0.1, -0.05) is 89.6 Å². The van der Waals surface area contributed by atoms with E-state index >= 15 is 0 Å². The van der Waals surface area contributed by atoms with E-state index in [4.69, 9.17) is 28.2 Å². The Bertz CT molecular complexity index is 2080. The topological polar surface area (TPSA) is 101 Å². The van der Waals surface area contributed by atoms with Crippen LogP contribution in [0, 0.1) is 0 Å². The SMILES string of the molecule is CC(=O)Sc1ccc(-c2ccc(/C=C/c3nc(-c4ccc(Cl)cc4Cl)cn3Cc3ccc(N4CC(=O)NS4(=O)=O)cc3)cc2)cc1. The zero-order chi connectivity index (χ0) is 32.4. The molecule has 0 radical (unpaired) electrons. The lowest BCUT2D eigenvalue weighted by Gasteiger charge is -2.15. The average Bonchev–Trinajstić information content (AvgIpc) is 3.54. The highest BCUT2D eigenvalue weighted by Gasteiger charge is 2.33. The van der Waals surface area contributed by atoms with Crippen molar-refractivity contribution in [3.63, 3.8) is 0 Å². The molecule has 6 rings (SSSR count). The number of carbonyl (C=O) groups excluding carboxylic acids is 2. The first-order valence-corrected chi connectivity index (χ1v) is 17.1. The van der Waals surface area contributed by atoms with Gasteiger partial charge in [-0.3, -0.25) is 9.59 Å². The number of nitrogens with one attached hydrogen (secondary N) is 1.